The number of rotatable bonds is 6. The molecule has 28 heavy (non-hydrogen) atoms. The summed E-state index contributed by atoms with van der Waals surface area (Å²) >= 11 is 6.02. The third kappa shape index (κ3) is 4.07. The molecular weight excluding hydrogens is 378 g/mol. The number of nitrogens with zero attached hydrogens (tertiary/aromatic N) is 2. The summed E-state index contributed by atoms with van der Waals surface area (Å²) in [6.45, 7) is 0. The molecule has 1 aliphatic rings. The number of benzene rings is 2. The number of halogens is 1. The van der Waals surface area contributed by atoms with Gasteiger partial charge in [-0.2, -0.15) is 5.10 Å². The van der Waals surface area contributed by atoms with E-state index in [4.69, 9.17) is 21.1 Å². The smallest absolute Gasteiger partial charge is 0.314 e. The van der Waals surface area contributed by atoms with Crippen molar-refractivity contribution in [3.05, 3.63) is 59.2 Å². The summed E-state index contributed by atoms with van der Waals surface area (Å²) in [6, 6.07) is 12.7. The molecule has 0 bridgehead atoms. The van der Waals surface area contributed by atoms with Crippen LogP contribution in [0.25, 0.3) is 10.9 Å². The molecule has 6 nitrogen and oxygen atoms in total. The Hall–Kier alpha value is -3.12. The van der Waals surface area contributed by atoms with Crippen molar-refractivity contribution in [2.45, 2.75) is 12.8 Å². The predicted molar refractivity (Wildman–Crippen MR) is 109 cm³/mol. The van der Waals surface area contributed by atoms with Crippen LogP contribution in [0, 0.1) is 5.92 Å². The Bertz CT molecular complexity index is 1060. The molecule has 7 heteroatoms. The molecule has 0 unspecified atom stereocenters. The zero-order valence-electron chi connectivity index (χ0n) is 15.2. The lowest BCUT2D eigenvalue weighted by Gasteiger charge is -2.09. The Morgan fingerprint density at radius 2 is 2.07 bits per heavy atom. The second-order valence-corrected chi connectivity index (χ2v) is 6.93. The van der Waals surface area contributed by atoms with E-state index in [1.54, 1.807) is 30.6 Å². The number of aromatic nitrogens is 1. The first-order valence-corrected chi connectivity index (χ1v) is 9.25. The molecule has 0 atom stereocenters. The molecule has 1 aromatic heterocycles. The van der Waals surface area contributed by atoms with Gasteiger partial charge in [0, 0.05) is 16.6 Å². The SMILES string of the molecule is COc1cc(/C=N\Nc2ccnc3cc(Cl)ccc23)ccc1OC(=O)C1CC1. The Kier molecular flexibility index (Phi) is 5.12. The van der Waals surface area contributed by atoms with Crippen LogP contribution in [-0.2, 0) is 4.79 Å². The van der Waals surface area contributed by atoms with E-state index >= 15 is 0 Å². The van der Waals surface area contributed by atoms with Crippen LogP contribution in [0.2, 0.25) is 5.02 Å². The fourth-order valence-electron chi connectivity index (χ4n) is 2.75. The lowest BCUT2D eigenvalue weighted by atomic mass is 10.2. The number of carbonyl (C=O) groups is 1. The first-order chi connectivity index (χ1) is 13.6. The van der Waals surface area contributed by atoms with Crippen molar-refractivity contribution >= 4 is 40.4 Å². The number of anilines is 1. The van der Waals surface area contributed by atoms with E-state index in [0.717, 1.165) is 35.0 Å². The molecule has 0 saturated heterocycles. The Morgan fingerprint density at radius 3 is 2.86 bits per heavy atom. The van der Waals surface area contributed by atoms with Crippen molar-refractivity contribution < 1.29 is 14.3 Å². The number of carbonyl (C=O) groups excluding carboxylic acids is 1. The van der Waals surface area contributed by atoms with Crippen molar-refractivity contribution in [1.82, 2.24) is 4.98 Å². The van der Waals surface area contributed by atoms with Gasteiger partial charge in [0.25, 0.3) is 0 Å². The largest absolute Gasteiger partial charge is 0.493 e. The van der Waals surface area contributed by atoms with Gasteiger partial charge in [0.1, 0.15) is 0 Å². The predicted octanol–water partition coefficient (Wildman–Crippen LogP) is 4.66. The number of nitrogens with one attached hydrogen (secondary N) is 1. The molecule has 1 saturated carbocycles. The molecule has 142 valence electrons. The van der Waals surface area contributed by atoms with Crippen LogP contribution >= 0.6 is 11.6 Å². The van der Waals surface area contributed by atoms with Gasteiger partial charge in [-0.25, -0.2) is 0 Å². The van der Waals surface area contributed by atoms with Crippen molar-refractivity contribution in [1.29, 1.82) is 0 Å². The van der Waals surface area contributed by atoms with E-state index in [-0.39, 0.29) is 11.9 Å². The number of hydrogen-bond acceptors (Lipinski definition) is 6. The van der Waals surface area contributed by atoms with E-state index in [1.807, 2.05) is 24.3 Å². The average Bonchev–Trinajstić information content (AvgIpc) is 3.54. The highest BCUT2D eigenvalue weighted by Gasteiger charge is 2.32. The van der Waals surface area contributed by atoms with Crippen LogP contribution in [0.5, 0.6) is 11.5 Å². The van der Waals surface area contributed by atoms with E-state index in [2.05, 4.69) is 15.5 Å². The van der Waals surface area contributed by atoms with Crippen molar-refractivity contribution in [2.75, 3.05) is 12.5 Å². The summed E-state index contributed by atoms with van der Waals surface area (Å²) in [4.78, 5) is 16.2. The summed E-state index contributed by atoms with van der Waals surface area (Å²) in [6.07, 6.45) is 5.15. The monoisotopic (exact) mass is 395 g/mol. The van der Waals surface area contributed by atoms with Crippen LogP contribution in [0.4, 0.5) is 5.69 Å². The maximum absolute atomic E-state index is 11.9. The van der Waals surface area contributed by atoms with Crippen molar-refractivity contribution in [3.63, 3.8) is 0 Å². The Morgan fingerprint density at radius 1 is 1.21 bits per heavy atom. The molecule has 1 heterocycles. The van der Waals surface area contributed by atoms with E-state index in [0.29, 0.717) is 16.5 Å². The van der Waals surface area contributed by atoms with Gasteiger partial charge in [0.15, 0.2) is 11.5 Å². The van der Waals surface area contributed by atoms with E-state index in [1.165, 1.54) is 7.11 Å². The number of pyridine rings is 1. The Labute approximate surface area is 167 Å². The minimum absolute atomic E-state index is 0.0280. The standard InChI is InChI=1S/C21H18ClN3O3/c1-27-20-10-13(2-7-19(20)28-21(26)14-3-4-14)12-24-25-17-8-9-23-18-11-15(22)5-6-16(17)18/h2,5-12,14H,3-4H2,1H3,(H,23,25)/b24-12-. The number of methoxy groups -OCH3 is 1. The average molecular weight is 396 g/mol. The summed E-state index contributed by atoms with van der Waals surface area (Å²) < 4.78 is 10.7. The number of esters is 1. The van der Waals surface area contributed by atoms with Crippen LogP contribution in [0.3, 0.4) is 0 Å². The zero-order chi connectivity index (χ0) is 19.5. The number of hydrogen-bond donors (Lipinski definition) is 1. The van der Waals surface area contributed by atoms with Gasteiger partial charge in [-0.15, -0.1) is 0 Å². The number of fused-ring (bicyclic) bond motifs is 1. The Balaban J connectivity index is 1.49. The van der Waals surface area contributed by atoms with Gasteiger partial charge in [0.2, 0.25) is 0 Å². The fourth-order valence-corrected chi connectivity index (χ4v) is 2.92. The van der Waals surface area contributed by atoms with Gasteiger partial charge < -0.3 is 9.47 Å². The van der Waals surface area contributed by atoms with Crippen LogP contribution in [0.1, 0.15) is 18.4 Å². The van der Waals surface area contributed by atoms with Gasteiger partial charge in [-0.05, 0) is 60.9 Å². The molecule has 1 aliphatic carbocycles. The first-order valence-electron chi connectivity index (χ1n) is 8.87. The molecular formula is C21H18ClN3O3. The molecule has 0 aliphatic heterocycles. The summed E-state index contributed by atoms with van der Waals surface area (Å²) in [5.74, 6) is 0.731. The van der Waals surface area contributed by atoms with Crippen LogP contribution in [0.15, 0.2) is 53.8 Å². The lowest BCUT2D eigenvalue weighted by Crippen LogP contribution is -2.10. The first kappa shape index (κ1) is 18.3. The number of ether oxygens (including phenoxy) is 2. The van der Waals surface area contributed by atoms with Crippen molar-refractivity contribution in [3.8, 4) is 11.5 Å². The maximum Gasteiger partial charge on any atom is 0.314 e. The maximum atomic E-state index is 11.9. The molecule has 1 N–H and O–H groups in total. The molecule has 4 rings (SSSR count). The highest BCUT2D eigenvalue weighted by atomic mass is 35.5. The third-order valence-electron chi connectivity index (χ3n) is 4.41. The molecule has 1 fully saturated rings. The number of hydrazone groups is 1. The van der Waals surface area contributed by atoms with Crippen LogP contribution < -0.4 is 14.9 Å². The highest BCUT2D eigenvalue weighted by Crippen LogP contribution is 2.34. The van der Waals surface area contributed by atoms with Crippen molar-refractivity contribution in [2.24, 2.45) is 11.0 Å². The fraction of sp³-hybridized carbons (Fsp3) is 0.190. The molecule has 0 spiro atoms. The molecule has 3 aromatic rings. The summed E-state index contributed by atoms with van der Waals surface area (Å²) in [5.41, 5.74) is 5.43. The van der Waals surface area contributed by atoms with E-state index in [9.17, 15) is 4.79 Å². The summed E-state index contributed by atoms with van der Waals surface area (Å²) in [5, 5.41) is 5.84. The second kappa shape index (κ2) is 7.86. The highest BCUT2D eigenvalue weighted by molar-refractivity contribution is 6.31. The lowest BCUT2D eigenvalue weighted by molar-refractivity contribution is -0.135. The normalized spacial score (nSPS) is 13.6. The van der Waals surface area contributed by atoms with Gasteiger partial charge in [-0.1, -0.05) is 11.6 Å². The molecule has 0 amide bonds. The minimum Gasteiger partial charge on any atom is -0.493 e. The third-order valence-corrected chi connectivity index (χ3v) is 4.65. The molecule has 0 radical (unpaired) electrons. The van der Waals surface area contributed by atoms with Gasteiger partial charge >= 0.3 is 5.97 Å². The van der Waals surface area contributed by atoms with E-state index < -0.39 is 0 Å². The zero-order valence-corrected chi connectivity index (χ0v) is 15.9. The quantitative estimate of drug-likeness (QED) is 0.284. The van der Waals surface area contributed by atoms with Crippen LogP contribution in [-0.4, -0.2) is 24.3 Å². The van der Waals surface area contributed by atoms with Gasteiger partial charge in [0.05, 0.1) is 30.4 Å². The topological polar surface area (TPSA) is 72.8 Å². The summed E-state index contributed by atoms with van der Waals surface area (Å²) in [7, 11) is 1.54. The second-order valence-electron chi connectivity index (χ2n) is 6.50. The van der Waals surface area contributed by atoms with Gasteiger partial charge in [-0.3, -0.25) is 15.2 Å². The minimum atomic E-state index is -0.203. The molecule has 2 aromatic carbocycles.